The number of aliphatic hydroxyl groups is 1. The molecule has 3 nitrogen and oxygen atoms in total. The number of nitrogens with zero attached hydrogens (tertiary/aromatic N) is 1. The van der Waals surface area contributed by atoms with E-state index in [4.69, 9.17) is 0 Å². The Hall–Kier alpha value is -2.88. The molecule has 1 aromatic heterocycles. The number of pyridine rings is 1. The van der Waals surface area contributed by atoms with Crippen molar-refractivity contribution in [2.45, 2.75) is 98.3 Å². The summed E-state index contributed by atoms with van der Waals surface area (Å²) in [7, 11) is 0. The molecule has 2 aliphatic carbocycles. The maximum Gasteiger partial charge on any atom is 0.162 e. The number of benzene rings is 3. The number of hydrogen-bond donors (Lipinski definition) is 1. The number of hydrogen-bond acceptors (Lipinski definition) is 3. The Morgan fingerprint density at radius 2 is 1.53 bits per heavy atom. The fourth-order valence-electron chi connectivity index (χ4n) is 7.15. The first kappa shape index (κ1) is 35.0. The first-order valence-corrected chi connectivity index (χ1v) is 16.6. The van der Waals surface area contributed by atoms with Crippen LogP contribution in [0.2, 0.25) is 0 Å². The van der Waals surface area contributed by atoms with Gasteiger partial charge in [-0.25, -0.2) is 4.39 Å². The van der Waals surface area contributed by atoms with Crippen molar-refractivity contribution in [1.29, 1.82) is 0 Å². The topological polar surface area (TPSA) is 50.2 Å². The van der Waals surface area contributed by atoms with Crippen molar-refractivity contribution in [2.75, 3.05) is 0 Å². The second kappa shape index (κ2) is 16.1. The van der Waals surface area contributed by atoms with Gasteiger partial charge in [-0.05, 0) is 89.0 Å². The van der Waals surface area contributed by atoms with Gasteiger partial charge in [0.25, 0.3) is 0 Å². The number of aryl methyl sites for hydroxylation is 2. The molecule has 0 atom stereocenters. The standard InChI is InChI=1S/C25H23FN.C15H24O2.Ir/c1-15(2)9-18-13-20(26)14-24-21(18)5-6-23-22(24)7-8-27-25(23)19-11-16(3)10-17(4)12-19;16-14(12-7-3-1-4-8-12)11-15(17)13-9-5-2-6-10-13;/h5-8,10-11,13-15H,9H2,1-4H3;11-13,16H,1-10H2;/q-1;;/b;14-11-;. The molecule has 0 spiro atoms. The summed E-state index contributed by atoms with van der Waals surface area (Å²) < 4.78 is 14.4. The predicted octanol–water partition coefficient (Wildman–Crippen LogP) is 11.0. The van der Waals surface area contributed by atoms with Crippen molar-refractivity contribution in [2.24, 2.45) is 17.8 Å². The Morgan fingerprint density at radius 3 is 2.18 bits per heavy atom. The predicted molar refractivity (Wildman–Crippen MR) is 180 cm³/mol. The summed E-state index contributed by atoms with van der Waals surface area (Å²) in [5.74, 6) is 1.28. The average molecular weight is 785 g/mol. The van der Waals surface area contributed by atoms with E-state index in [9.17, 15) is 14.3 Å². The summed E-state index contributed by atoms with van der Waals surface area (Å²) in [4.78, 5) is 16.6. The van der Waals surface area contributed by atoms with E-state index in [2.05, 4.69) is 56.1 Å². The zero-order chi connectivity index (χ0) is 31.2. The van der Waals surface area contributed by atoms with Gasteiger partial charge in [-0.1, -0.05) is 78.4 Å². The van der Waals surface area contributed by atoms with E-state index in [0.717, 1.165) is 76.0 Å². The van der Waals surface area contributed by atoms with Crippen LogP contribution in [-0.2, 0) is 31.3 Å². The molecule has 1 heterocycles. The summed E-state index contributed by atoms with van der Waals surface area (Å²) in [6.45, 7) is 8.45. The molecular weight excluding hydrogens is 738 g/mol. The third-order valence-electron chi connectivity index (χ3n) is 9.28. The molecule has 0 aliphatic heterocycles. The van der Waals surface area contributed by atoms with Gasteiger partial charge in [0.05, 0.1) is 5.76 Å². The second-order valence-electron chi connectivity index (χ2n) is 13.5. The van der Waals surface area contributed by atoms with Gasteiger partial charge in [0.15, 0.2) is 5.78 Å². The van der Waals surface area contributed by atoms with Crippen LogP contribution >= 0.6 is 0 Å². The van der Waals surface area contributed by atoms with Gasteiger partial charge in [0, 0.05) is 44.2 Å². The van der Waals surface area contributed by atoms with Crippen LogP contribution in [0.25, 0.3) is 32.8 Å². The Balaban J connectivity index is 0.000000222. The van der Waals surface area contributed by atoms with E-state index in [1.165, 1.54) is 44.1 Å². The van der Waals surface area contributed by atoms with E-state index >= 15 is 0 Å². The van der Waals surface area contributed by atoms with E-state index < -0.39 is 0 Å². The Kier molecular flexibility index (Phi) is 12.5. The molecule has 1 radical (unpaired) electrons. The minimum Gasteiger partial charge on any atom is -0.512 e. The van der Waals surface area contributed by atoms with Crippen molar-refractivity contribution in [3.8, 4) is 11.3 Å². The fraction of sp³-hybridized carbons (Fsp3) is 0.450. The second-order valence-corrected chi connectivity index (χ2v) is 13.5. The number of halogens is 1. The molecular formula is C40H47FIrNO2-. The molecule has 0 unspecified atom stereocenters. The Bertz CT molecular complexity index is 1630. The molecule has 4 aromatic rings. The van der Waals surface area contributed by atoms with Crippen LogP contribution in [0.4, 0.5) is 4.39 Å². The summed E-state index contributed by atoms with van der Waals surface area (Å²) in [5.41, 5.74) is 5.23. The van der Waals surface area contributed by atoms with E-state index in [-0.39, 0.29) is 43.5 Å². The first-order valence-electron chi connectivity index (χ1n) is 16.6. The monoisotopic (exact) mass is 785 g/mol. The minimum absolute atomic E-state index is 0. The third kappa shape index (κ3) is 8.89. The van der Waals surface area contributed by atoms with Gasteiger partial charge in [0.2, 0.25) is 0 Å². The number of allylic oxidation sites excluding steroid dienone is 2. The number of fused-ring (bicyclic) bond motifs is 3. The summed E-state index contributed by atoms with van der Waals surface area (Å²) >= 11 is 0. The fourth-order valence-corrected chi connectivity index (χ4v) is 7.15. The van der Waals surface area contributed by atoms with Gasteiger partial charge in [-0.3, -0.25) is 4.79 Å². The molecule has 1 N–H and O–H groups in total. The van der Waals surface area contributed by atoms with Crippen molar-refractivity contribution < 1.29 is 34.4 Å². The van der Waals surface area contributed by atoms with Crippen LogP contribution < -0.4 is 0 Å². The quantitative estimate of drug-likeness (QED) is 0.0917. The third-order valence-corrected chi connectivity index (χ3v) is 9.28. The molecule has 5 heteroatoms. The van der Waals surface area contributed by atoms with Crippen LogP contribution in [0.1, 0.15) is 94.7 Å². The smallest absolute Gasteiger partial charge is 0.162 e. The normalized spacial score (nSPS) is 16.4. The zero-order valence-corrected chi connectivity index (χ0v) is 29.6. The van der Waals surface area contributed by atoms with Crippen molar-refractivity contribution in [3.05, 3.63) is 89.1 Å². The summed E-state index contributed by atoms with van der Waals surface area (Å²) in [5, 5.41) is 14.2. The molecule has 2 saturated carbocycles. The number of aliphatic hydroxyl groups excluding tert-OH is 1. The largest absolute Gasteiger partial charge is 0.512 e. The zero-order valence-electron chi connectivity index (χ0n) is 27.2. The number of ketones is 1. The number of carbonyl (C=O) groups excluding carboxylic acids is 1. The van der Waals surface area contributed by atoms with Crippen LogP contribution in [0.5, 0.6) is 0 Å². The van der Waals surface area contributed by atoms with Gasteiger partial charge < -0.3 is 10.1 Å². The van der Waals surface area contributed by atoms with E-state index in [1.54, 1.807) is 18.2 Å². The molecule has 0 amide bonds. The molecule has 0 saturated heterocycles. The average Bonchev–Trinajstić information content (AvgIpc) is 3.01. The molecule has 241 valence electrons. The van der Waals surface area contributed by atoms with Crippen molar-refractivity contribution >= 4 is 27.3 Å². The number of rotatable bonds is 6. The molecule has 3 aromatic carbocycles. The molecule has 2 aliphatic rings. The molecule has 2 fully saturated rings. The number of carbonyl (C=O) groups is 1. The maximum absolute atomic E-state index is 14.4. The maximum atomic E-state index is 14.4. The van der Waals surface area contributed by atoms with E-state index in [0.29, 0.717) is 11.7 Å². The van der Waals surface area contributed by atoms with Gasteiger partial charge >= 0.3 is 0 Å². The first-order chi connectivity index (χ1) is 21.2. The minimum atomic E-state index is -0.179. The molecule has 6 rings (SSSR count). The van der Waals surface area contributed by atoms with Gasteiger partial charge in [-0.2, -0.15) is 0 Å². The molecule has 45 heavy (non-hydrogen) atoms. The SMILES string of the molecule is Cc1[c-]c(-c2nccc3c2ccc2c(CC(C)C)cc(F)cc23)cc(C)c1.O=C(/C=C(\O)C1CCCCC1)C1CCCCC1.[Ir]. The summed E-state index contributed by atoms with van der Waals surface area (Å²) in [6, 6.07) is 17.2. The van der Waals surface area contributed by atoms with Crippen LogP contribution in [0.15, 0.2) is 60.5 Å². The Labute approximate surface area is 282 Å². The summed E-state index contributed by atoms with van der Waals surface area (Å²) in [6.07, 6.45) is 15.7. The van der Waals surface area contributed by atoms with E-state index in [1.807, 2.05) is 19.2 Å². The van der Waals surface area contributed by atoms with Crippen LogP contribution in [0, 0.1) is 43.5 Å². The number of aromatic nitrogens is 1. The Morgan fingerprint density at radius 1 is 0.889 bits per heavy atom. The van der Waals surface area contributed by atoms with Crippen LogP contribution in [-0.4, -0.2) is 15.9 Å². The van der Waals surface area contributed by atoms with Gasteiger partial charge in [-0.15, -0.1) is 34.9 Å². The van der Waals surface area contributed by atoms with Crippen molar-refractivity contribution in [1.82, 2.24) is 4.98 Å². The molecule has 0 bridgehead atoms. The van der Waals surface area contributed by atoms with Crippen molar-refractivity contribution in [3.63, 3.8) is 0 Å². The van der Waals surface area contributed by atoms with Crippen LogP contribution in [0.3, 0.4) is 0 Å². The van der Waals surface area contributed by atoms with Gasteiger partial charge in [0.1, 0.15) is 5.82 Å².